The monoisotopic (exact) mass is 370 g/mol. The van der Waals surface area contributed by atoms with E-state index in [-0.39, 0.29) is 0 Å². The third kappa shape index (κ3) is 3.79. The quantitative estimate of drug-likeness (QED) is 0.724. The molecule has 26 heavy (non-hydrogen) atoms. The molecule has 4 nitrogen and oxygen atoms in total. The molecule has 4 atom stereocenters. The maximum absolute atomic E-state index is 5.60. The smallest absolute Gasteiger partial charge is 0.171 e. The summed E-state index contributed by atoms with van der Waals surface area (Å²) in [6.07, 6.45) is 6.77. The first-order chi connectivity index (χ1) is 12.6. The second kappa shape index (κ2) is 7.41. The number of hydrogen-bond acceptors (Lipinski definition) is 2. The fraction of sp³-hybridized carbons (Fsp3) is 0.476. The van der Waals surface area contributed by atoms with Gasteiger partial charge in [-0.1, -0.05) is 12.1 Å². The van der Waals surface area contributed by atoms with Gasteiger partial charge in [-0.25, -0.2) is 0 Å². The highest BCUT2D eigenvalue weighted by Gasteiger charge is 2.44. The molecule has 1 aromatic carbocycles. The van der Waals surface area contributed by atoms with E-state index in [1.807, 2.05) is 6.07 Å². The largest absolute Gasteiger partial charge is 0.463 e. The molecule has 2 bridgehead atoms. The maximum atomic E-state index is 5.60. The van der Waals surface area contributed by atoms with E-state index >= 15 is 0 Å². The summed E-state index contributed by atoms with van der Waals surface area (Å²) in [5.41, 5.74) is 3.57. The van der Waals surface area contributed by atoms with Crippen LogP contribution in [0.4, 0.5) is 5.69 Å². The first kappa shape index (κ1) is 17.6. The minimum atomic E-state index is 0.470. The van der Waals surface area contributed by atoms with Crippen LogP contribution in [0.25, 0.3) is 0 Å². The fourth-order valence-electron chi connectivity index (χ4n) is 4.66. The molecule has 2 aliphatic rings. The first-order valence-electron chi connectivity index (χ1n) is 9.61. The zero-order chi connectivity index (χ0) is 18.1. The molecule has 3 heterocycles. The standard InChI is InChI=1S/C21H27N3OS/c1-14-5-6-15(2)20(10-14)23-21(26)22-16-11-17-7-8-18(12-16)24(17)13-19-4-3-9-25-19/h3-6,9-10,16-18H,7-8,11-13H2,1-2H3,(H2,22,23,26)/p+1/t16?,17-,18+. The van der Waals surface area contributed by atoms with E-state index in [9.17, 15) is 0 Å². The van der Waals surface area contributed by atoms with Crippen LogP contribution in [-0.4, -0.2) is 23.2 Å². The zero-order valence-corrected chi connectivity index (χ0v) is 16.4. The SMILES string of the molecule is Cc1ccc(C)c(NC(=S)NC2C[C@H]3CC[C@@H](C2)[NH+]3Cc2ccco2)c1. The molecule has 2 aliphatic heterocycles. The van der Waals surface area contributed by atoms with Crippen molar-refractivity contribution in [3.05, 3.63) is 53.5 Å². The molecule has 1 aromatic heterocycles. The molecule has 0 aliphatic carbocycles. The maximum Gasteiger partial charge on any atom is 0.171 e. The number of piperidine rings is 1. The molecule has 2 saturated heterocycles. The van der Waals surface area contributed by atoms with Crippen molar-refractivity contribution >= 4 is 23.0 Å². The van der Waals surface area contributed by atoms with Gasteiger partial charge >= 0.3 is 0 Å². The van der Waals surface area contributed by atoms with Crippen LogP contribution < -0.4 is 15.5 Å². The van der Waals surface area contributed by atoms with E-state index < -0.39 is 0 Å². The molecule has 4 rings (SSSR count). The number of benzene rings is 1. The molecular formula is C21H28N3OS+. The predicted molar refractivity (Wildman–Crippen MR) is 108 cm³/mol. The molecular weight excluding hydrogens is 342 g/mol. The Labute approximate surface area is 161 Å². The van der Waals surface area contributed by atoms with Crippen molar-refractivity contribution < 1.29 is 9.32 Å². The number of furan rings is 1. The van der Waals surface area contributed by atoms with Gasteiger partial charge in [0.15, 0.2) is 10.9 Å². The Bertz CT molecular complexity index is 760. The summed E-state index contributed by atoms with van der Waals surface area (Å²) in [6, 6.07) is 12.4. The van der Waals surface area contributed by atoms with Crippen LogP contribution in [0, 0.1) is 13.8 Å². The van der Waals surface area contributed by atoms with E-state index in [1.54, 1.807) is 11.2 Å². The van der Waals surface area contributed by atoms with Gasteiger partial charge in [-0.3, -0.25) is 0 Å². The molecule has 0 spiro atoms. The summed E-state index contributed by atoms with van der Waals surface area (Å²) in [5.74, 6) is 1.11. The van der Waals surface area contributed by atoms with Crippen molar-refractivity contribution in [2.75, 3.05) is 5.32 Å². The van der Waals surface area contributed by atoms with Crippen LogP contribution in [0.1, 0.15) is 42.6 Å². The van der Waals surface area contributed by atoms with Gasteiger partial charge < -0.3 is 20.0 Å². The minimum absolute atomic E-state index is 0.470. The molecule has 0 amide bonds. The molecule has 0 radical (unpaired) electrons. The van der Waals surface area contributed by atoms with Crippen LogP contribution in [0.2, 0.25) is 0 Å². The number of nitrogens with one attached hydrogen (secondary N) is 3. The normalized spacial score (nSPS) is 27.3. The number of hydrogen-bond donors (Lipinski definition) is 3. The molecule has 3 N–H and O–H groups in total. The zero-order valence-electron chi connectivity index (χ0n) is 15.5. The Balaban J connectivity index is 1.34. The van der Waals surface area contributed by atoms with Crippen molar-refractivity contribution in [2.24, 2.45) is 0 Å². The van der Waals surface area contributed by atoms with E-state index in [2.05, 4.69) is 48.7 Å². The van der Waals surface area contributed by atoms with Crippen LogP contribution in [0.15, 0.2) is 41.0 Å². The molecule has 0 saturated carbocycles. The Morgan fingerprint density at radius 2 is 1.96 bits per heavy atom. The summed E-state index contributed by atoms with van der Waals surface area (Å²) in [4.78, 5) is 1.70. The summed E-state index contributed by atoms with van der Waals surface area (Å²) < 4.78 is 5.57. The Morgan fingerprint density at radius 3 is 2.65 bits per heavy atom. The Kier molecular flexibility index (Phi) is 5.00. The van der Waals surface area contributed by atoms with E-state index in [1.165, 1.54) is 36.8 Å². The number of rotatable bonds is 4. The van der Waals surface area contributed by atoms with Crippen LogP contribution in [0.5, 0.6) is 0 Å². The van der Waals surface area contributed by atoms with E-state index in [4.69, 9.17) is 16.6 Å². The van der Waals surface area contributed by atoms with Gasteiger partial charge in [0.05, 0.1) is 18.3 Å². The Hall–Kier alpha value is -1.85. The van der Waals surface area contributed by atoms with Crippen molar-refractivity contribution in [1.82, 2.24) is 5.32 Å². The van der Waals surface area contributed by atoms with E-state index in [0.717, 1.165) is 23.1 Å². The van der Waals surface area contributed by atoms with Crippen molar-refractivity contribution in [3.63, 3.8) is 0 Å². The van der Waals surface area contributed by atoms with Crippen LogP contribution in [-0.2, 0) is 6.54 Å². The van der Waals surface area contributed by atoms with Crippen molar-refractivity contribution in [3.8, 4) is 0 Å². The molecule has 5 heteroatoms. The minimum Gasteiger partial charge on any atom is -0.463 e. The highest BCUT2D eigenvalue weighted by Crippen LogP contribution is 2.24. The summed E-state index contributed by atoms with van der Waals surface area (Å²) in [5, 5.41) is 7.72. The van der Waals surface area contributed by atoms with Gasteiger partial charge in [0.2, 0.25) is 0 Å². The van der Waals surface area contributed by atoms with Gasteiger partial charge in [0.1, 0.15) is 6.54 Å². The average Bonchev–Trinajstić information content (AvgIpc) is 3.18. The second-order valence-electron chi connectivity index (χ2n) is 7.89. The number of thiocarbonyl (C=S) groups is 1. The Morgan fingerprint density at radius 1 is 1.19 bits per heavy atom. The summed E-state index contributed by atoms with van der Waals surface area (Å²) >= 11 is 5.60. The van der Waals surface area contributed by atoms with E-state index in [0.29, 0.717) is 18.1 Å². The van der Waals surface area contributed by atoms with Gasteiger partial charge in [-0.2, -0.15) is 0 Å². The van der Waals surface area contributed by atoms with Gasteiger partial charge in [-0.15, -0.1) is 0 Å². The predicted octanol–water partition coefficient (Wildman–Crippen LogP) is 2.96. The topological polar surface area (TPSA) is 41.6 Å². The third-order valence-electron chi connectivity index (χ3n) is 5.99. The number of fused-ring (bicyclic) bond motifs is 2. The summed E-state index contributed by atoms with van der Waals surface area (Å²) in [6.45, 7) is 5.23. The number of aryl methyl sites for hydroxylation is 2. The fourth-order valence-corrected chi connectivity index (χ4v) is 4.94. The van der Waals surface area contributed by atoms with Crippen LogP contribution >= 0.6 is 12.2 Å². The highest BCUT2D eigenvalue weighted by molar-refractivity contribution is 7.80. The second-order valence-corrected chi connectivity index (χ2v) is 8.30. The van der Waals surface area contributed by atoms with Gasteiger partial charge in [-0.05, 0) is 55.4 Å². The number of anilines is 1. The van der Waals surface area contributed by atoms with Gasteiger partial charge in [0.25, 0.3) is 0 Å². The average molecular weight is 371 g/mol. The van der Waals surface area contributed by atoms with Gasteiger partial charge in [0, 0.05) is 37.4 Å². The molecule has 2 aromatic rings. The molecule has 138 valence electrons. The lowest BCUT2D eigenvalue weighted by Gasteiger charge is -2.36. The molecule has 2 unspecified atom stereocenters. The van der Waals surface area contributed by atoms with Crippen molar-refractivity contribution in [1.29, 1.82) is 0 Å². The number of quaternary nitrogens is 1. The lowest BCUT2D eigenvalue weighted by atomic mass is 9.97. The third-order valence-corrected chi connectivity index (χ3v) is 6.21. The van der Waals surface area contributed by atoms with Crippen LogP contribution in [0.3, 0.4) is 0 Å². The lowest BCUT2D eigenvalue weighted by molar-refractivity contribution is -0.955. The molecule has 2 fully saturated rings. The van der Waals surface area contributed by atoms with Crippen molar-refractivity contribution in [2.45, 2.75) is 64.2 Å². The first-order valence-corrected chi connectivity index (χ1v) is 10.0. The lowest BCUT2D eigenvalue weighted by Crippen LogP contribution is -3.17. The highest BCUT2D eigenvalue weighted by atomic mass is 32.1. The summed E-state index contributed by atoms with van der Waals surface area (Å²) in [7, 11) is 0.